The Labute approximate surface area is 105 Å². The van der Waals surface area contributed by atoms with E-state index in [1.165, 1.54) is 25.7 Å². The van der Waals surface area contributed by atoms with Crippen molar-refractivity contribution in [2.75, 3.05) is 20.6 Å². The van der Waals surface area contributed by atoms with Crippen molar-refractivity contribution in [2.24, 2.45) is 11.7 Å². The summed E-state index contributed by atoms with van der Waals surface area (Å²) in [5.41, 5.74) is 5.90. The van der Waals surface area contributed by atoms with E-state index >= 15 is 0 Å². The van der Waals surface area contributed by atoms with E-state index in [0.717, 1.165) is 6.54 Å². The molecule has 100 valence electrons. The number of rotatable bonds is 5. The molecule has 17 heavy (non-hydrogen) atoms. The molecule has 0 aromatic heterocycles. The summed E-state index contributed by atoms with van der Waals surface area (Å²) in [6, 6.07) is -0.0890. The van der Waals surface area contributed by atoms with E-state index in [0.29, 0.717) is 0 Å². The minimum atomic E-state index is -0.115. The molecule has 0 saturated heterocycles. The van der Waals surface area contributed by atoms with Crippen LogP contribution in [0.15, 0.2) is 0 Å². The predicted octanol–water partition coefficient (Wildman–Crippen LogP) is 0.960. The summed E-state index contributed by atoms with van der Waals surface area (Å²) in [4.78, 5) is 14.2. The van der Waals surface area contributed by atoms with Crippen molar-refractivity contribution >= 4 is 5.91 Å². The summed E-state index contributed by atoms with van der Waals surface area (Å²) < 4.78 is 0. The van der Waals surface area contributed by atoms with Crippen molar-refractivity contribution in [1.82, 2.24) is 10.2 Å². The number of carbonyl (C=O) groups excluding carboxylic acids is 1. The molecule has 4 heteroatoms. The molecule has 0 aromatic carbocycles. The van der Waals surface area contributed by atoms with E-state index < -0.39 is 0 Å². The minimum Gasteiger partial charge on any atom is -0.354 e. The number of carbonyl (C=O) groups is 1. The van der Waals surface area contributed by atoms with Gasteiger partial charge in [0, 0.05) is 24.0 Å². The number of nitrogens with one attached hydrogen (secondary N) is 1. The van der Waals surface area contributed by atoms with Gasteiger partial charge in [-0.05, 0) is 33.9 Å². The number of likely N-dealkylation sites (N-methyl/N-ethyl adjacent to an activating group) is 1. The Balaban J connectivity index is 2.51. The van der Waals surface area contributed by atoms with Gasteiger partial charge in [-0.25, -0.2) is 0 Å². The molecular formula is C13H27N3O. The summed E-state index contributed by atoms with van der Waals surface area (Å²) in [5, 5.41) is 3.07. The van der Waals surface area contributed by atoms with Gasteiger partial charge in [0.2, 0.25) is 5.91 Å². The molecule has 0 radical (unpaired) electrons. The second kappa shape index (κ2) is 5.83. The van der Waals surface area contributed by atoms with E-state index in [9.17, 15) is 4.79 Å². The van der Waals surface area contributed by atoms with Crippen LogP contribution in [0.3, 0.4) is 0 Å². The van der Waals surface area contributed by atoms with Crippen LogP contribution in [0.4, 0.5) is 0 Å². The molecule has 0 bridgehead atoms. The Bertz CT molecular complexity index is 257. The molecule has 3 N–H and O–H groups in total. The Morgan fingerprint density at radius 3 is 2.29 bits per heavy atom. The lowest BCUT2D eigenvalue weighted by Gasteiger charge is -2.37. The predicted molar refractivity (Wildman–Crippen MR) is 70.7 cm³/mol. The highest BCUT2D eigenvalue weighted by atomic mass is 16.1. The first-order chi connectivity index (χ1) is 7.89. The van der Waals surface area contributed by atoms with Gasteiger partial charge in [0.1, 0.15) is 0 Å². The fourth-order valence-electron chi connectivity index (χ4n) is 2.47. The van der Waals surface area contributed by atoms with Gasteiger partial charge < -0.3 is 16.0 Å². The lowest BCUT2D eigenvalue weighted by atomic mass is 9.95. The first kappa shape index (κ1) is 14.5. The molecule has 1 saturated carbocycles. The Kier molecular flexibility index (Phi) is 4.95. The fourth-order valence-corrected chi connectivity index (χ4v) is 2.47. The standard InChI is InChI=1S/C13H27N3O/c1-10(11(2)14)12(17)15-9-13(16(3)4)7-5-6-8-13/h10-11H,5-9,14H2,1-4H3,(H,15,17). The van der Waals surface area contributed by atoms with Crippen LogP contribution in [0.25, 0.3) is 0 Å². The van der Waals surface area contributed by atoms with Crippen molar-refractivity contribution in [3.05, 3.63) is 0 Å². The summed E-state index contributed by atoms with van der Waals surface area (Å²) >= 11 is 0. The highest BCUT2D eigenvalue weighted by Gasteiger charge is 2.36. The molecule has 1 rings (SSSR count). The Morgan fingerprint density at radius 1 is 1.35 bits per heavy atom. The molecule has 0 aliphatic heterocycles. The molecule has 1 aliphatic rings. The monoisotopic (exact) mass is 241 g/mol. The summed E-state index contributed by atoms with van der Waals surface area (Å²) in [7, 11) is 4.21. The third-order valence-electron chi connectivity index (χ3n) is 4.28. The van der Waals surface area contributed by atoms with Crippen molar-refractivity contribution in [1.29, 1.82) is 0 Å². The molecule has 0 aromatic rings. The molecule has 1 aliphatic carbocycles. The number of hydrogen-bond acceptors (Lipinski definition) is 3. The molecule has 0 spiro atoms. The van der Waals surface area contributed by atoms with Crippen LogP contribution < -0.4 is 11.1 Å². The van der Waals surface area contributed by atoms with E-state index in [1.807, 2.05) is 13.8 Å². The minimum absolute atomic E-state index is 0.0770. The van der Waals surface area contributed by atoms with E-state index in [2.05, 4.69) is 24.3 Å². The smallest absolute Gasteiger partial charge is 0.224 e. The van der Waals surface area contributed by atoms with Crippen LogP contribution in [0.1, 0.15) is 39.5 Å². The quantitative estimate of drug-likeness (QED) is 0.754. The second-order valence-electron chi connectivity index (χ2n) is 5.69. The number of nitrogens with zero attached hydrogens (tertiary/aromatic N) is 1. The zero-order valence-electron chi connectivity index (χ0n) is 11.6. The highest BCUT2D eigenvalue weighted by molar-refractivity contribution is 5.79. The lowest BCUT2D eigenvalue weighted by molar-refractivity contribution is -0.125. The van der Waals surface area contributed by atoms with E-state index in [1.54, 1.807) is 0 Å². The molecular weight excluding hydrogens is 214 g/mol. The Hall–Kier alpha value is -0.610. The fraction of sp³-hybridized carbons (Fsp3) is 0.923. The van der Waals surface area contributed by atoms with Gasteiger partial charge >= 0.3 is 0 Å². The van der Waals surface area contributed by atoms with Crippen molar-refractivity contribution in [2.45, 2.75) is 51.1 Å². The van der Waals surface area contributed by atoms with Crippen molar-refractivity contribution < 1.29 is 4.79 Å². The van der Waals surface area contributed by atoms with Gasteiger partial charge in [0.25, 0.3) is 0 Å². The van der Waals surface area contributed by atoms with Crippen molar-refractivity contribution in [3.63, 3.8) is 0 Å². The molecule has 0 heterocycles. The summed E-state index contributed by atoms with van der Waals surface area (Å²) in [6.45, 7) is 4.51. The van der Waals surface area contributed by atoms with Gasteiger partial charge in [-0.3, -0.25) is 4.79 Å². The van der Waals surface area contributed by atoms with Crippen LogP contribution in [0.5, 0.6) is 0 Å². The topological polar surface area (TPSA) is 58.4 Å². The van der Waals surface area contributed by atoms with Crippen LogP contribution >= 0.6 is 0 Å². The van der Waals surface area contributed by atoms with Gasteiger partial charge in [0.15, 0.2) is 0 Å². The normalized spacial score (nSPS) is 22.5. The molecule has 2 unspecified atom stereocenters. The largest absolute Gasteiger partial charge is 0.354 e. The van der Waals surface area contributed by atoms with Crippen LogP contribution in [-0.2, 0) is 4.79 Å². The first-order valence-electron chi connectivity index (χ1n) is 6.60. The zero-order valence-corrected chi connectivity index (χ0v) is 11.6. The van der Waals surface area contributed by atoms with E-state index in [-0.39, 0.29) is 23.4 Å². The van der Waals surface area contributed by atoms with Gasteiger partial charge in [0.05, 0.1) is 0 Å². The molecule has 1 amide bonds. The average Bonchev–Trinajstić information content (AvgIpc) is 2.74. The summed E-state index contributed by atoms with van der Waals surface area (Å²) in [6.07, 6.45) is 4.87. The SMILES string of the molecule is CC(N)C(C)C(=O)NCC1(N(C)C)CCCC1. The maximum atomic E-state index is 11.9. The van der Waals surface area contributed by atoms with Gasteiger partial charge in [-0.15, -0.1) is 0 Å². The maximum Gasteiger partial charge on any atom is 0.224 e. The third-order valence-corrected chi connectivity index (χ3v) is 4.28. The second-order valence-corrected chi connectivity index (χ2v) is 5.69. The van der Waals surface area contributed by atoms with Crippen LogP contribution in [0, 0.1) is 5.92 Å². The van der Waals surface area contributed by atoms with Crippen LogP contribution in [-0.4, -0.2) is 43.0 Å². The Morgan fingerprint density at radius 2 is 1.88 bits per heavy atom. The maximum absolute atomic E-state index is 11.9. The van der Waals surface area contributed by atoms with Crippen LogP contribution in [0.2, 0.25) is 0 Å². The molecule has 4 nitrogen and oxygen atoms in total. The zero-order chi connectivity index (χ0) is 13.1. The lowest BCUT2D eigenvalue weighted by Crippen LogP contribution is -2.52. The van der Waals surface area contributed by atoms with Gasteiger partial charge in [-0.2, -0.15) is 0 Å². The van der Waals surface area contributed by atoms with E-state index in [4.69, 9.17) is 5.73 Å². The third kappa shape index (κ3) is 3.42. The first-order valence-corrected chi connectivity index (χ1v) is 6.60. The summed E-state index contributed by atoms with van der Waals surface area (Å²) in [5.74, 6) is -0.0382. The number of nitrogens with two attached hydrogens (primary N) is 1. The number of hydrogen-bond donors (Lipinski definition) is 2. The van der Waals surface area contributed by atoms with Crippen molar-refractivity contribution in [3.8, 4) is 0 Å². The average molecular weight is 241 g/mol. The molecule has 2 atom stereocenters. The molecule has 1 fully saturated rings. The number of amides is 1. The highest BCUT2D eigenvalue weighted by Crippen LogP contribution is 2.33. The van der Waals surface area contributed by atoms with Gasteiger partial charge in [-0.1, -0.05) is 19.8 Å².